The molecule has 1 N–H and O–H groups in total. The minimum absolute atomic E-state index is 0.265. The second-order valence-corrected chi connectivity index (χ2v) is 5.11. The van der Waals surface area contributed by atoms with E-state index in [1.54, 1.807) is 4.57 Å². The zero-order valence-electron chi connectivity index (χ0n) is 11.1. The molecule has 1 fully saturated rings. The van der Waals surface area contributed by atoms with Crippen molar-refractivity contribution >= 4 is 11.1 Å². The van der Waals surface area contributed by atoms with Crippen LogP contribution >= 0.6 is 0 Å². The summed E-state index contributed by atoms with van der Waals surface area (Å²) in [5, 5.41) is 3.36. The first-order valence-corrected chi connectivity index (χ1v) is 6.75. The summed E-state index contributed by atoms with van der Waals surface area (Å²) in [7, 11) is 2.12. The lowest BCUT2D eigenvalue weighted by Crippen LogP contribution is -2.36. The third-order valence-corrected chi connectivity index (χ3v) is 3.91. The monoisotopic (exact) mass is 261 g/mol. The number of benzene rings is 1. The molecule has 0 spiro atoms. The molecular formula is C14H19N3O2. The van der Waals surface area contributed by atoms with Crippen LogP contribution in [-0.4, -0.2) is 42.2 Å². The molecule has 0 bridgehead atoms. The van der Waals surface area contributed by atoms with Crippen LogP contribution in [0.25, 0.3) is 11.1 Å². The Morgan fingerprint density at radius 1 is 1.47 bits per heavy atom. The van der Waals surface area contributed by atoms with Crippen molar-refractivity contribution in [3.63, 3.8) is 0 Å². The van der Waals surface area contributed by atoms with Crippen LogP contribution in [0.4, 0.5) is 0 Å². The molecule has 3 rings (SSSR count). The summed E-state index contributed by atoms with van der Waals surface area (Å²) in [6, 6.07) is 8.15. The topological polar surface area (TPSA) is 50.4 Å². The van der Waals surface area contributed by atoms with E-state index in [-0.39, 0.29) is 5.76 Å². The molecule has 102 valence electrons. The Bertz CT molecular complexity index is 610. The van der Waals surface area contributed by atoms with Crippen molar-refractivity contribution in [2.24, 2.45) is 0 Å². The lowest BCUT2D eigenvalue weighted by molar-refractivity contribution is 0.245. The number of nitrogens with one attached hydrogen (secondary N) is 1. The average Bonchev–Trinajstić information content (AvgIpc) is 3.03. The fraction of sp³-hybridized carbons (Fsp3) is 0.500. The van der Waals surface area contributed by atoms with Gasteiger partial charge < -0.3 is 14.6 Å². The molecule has 2 aromatic rings. The average molecular weight is 261 g/mol. The molecule has 0 radical (unpaired) electrons. The van der Waals surface area contributed by atoms with Crippen molar-refractivity contribution in [1.82, 2.24) is 14.8 Å². The molecule has 0 saturated carbocycles. The second kappa shape index (κ2) is 5.19. The summed E-state index contributed by atoms with van der Waals surface area (Å²) in [4.78, 5) is 14.2. The second-order valence-electron chi connectivity index (χ2n) is 5.11. The number of hydrogen-bond acceptors (Lipinski definition) is 4. The van der Waals surface area contributed by atoms with Crippen LogP contribution in [0.1, 0.15) is 6.42 Å². The Balaban J connectivity index is 1.74. The Hall–Kier alpha value is -1.59. The van der Waals surface area contributed by atoms with Crippen LogP contribution < -0.4 is 11.1 Å². The Morgan fingerprint density at radius 2 is 2.32 bits per heavy atom. The minimum atomic E-state index is -0.265. The van der Waals surface area contributed by atoms with Gasteiger partial charge in [0.2, 0.25) is 0 Å². The summed E-state index contributed by atoms with van der Waals surface area (Å²) in [6.07, 6.45) is 1.18. The maximum absolute atomic E-state index is 11.8. The smallest absolute Gasteiger partial charge is 0.408 e. The first-order chi connectivity index (χ1) is 9.25. The lowest BCUT2D eigenvalue weighted by atomic mass is 10.2. The van der Waals surface area contributed by atoms with E-state index in [4.69, 9.17) is 4.42 Å². The zero-order valence-corrected chi connectivity index (χ0v) is 11.1. The Kier molecular flexibility index (Phi) is 3.40. The van der Waals surface area contributed by atoms with E-state index >= 15 is 0 Å². The van der Waals surface area contributed by atoms with Crippen molar-refractivity contribution in [2.75, 3.05) is 26.7 Å². The summed E-state index contributed by atoms with van der Waals surface area (Å²) < 4.78 is 6.95. The van der Waals surface area contributed by atoms with E-state index < -0.39 is 0 Å². The number of oxazole rings is 1. The number of hydrogen-bond donors (Lipinski definition) is 1. The van der Waals surface area contributed by atoms with E-state index in [9.17, 15) is 4.79 Å². The molecule has 1 aromatic heterocycles. The van der Waals surface area contributed by atoms with Gasteiger partial charge >= 0.3 is 5.76 Å². The van der Waals surface area contributed by atoms with E-state index in [0.29, 0.717) is 18.2 Å². The molecule has 1 unspecified atom stereocenters. The molecular weight excluding hydrogens is 242 g/mol. The van der Waals surface area contributed by atoms with Crippen LogP contribution in [0, 0.1) is 0 Å². The normalized spacial score (nSPS) is 19.6. The van der Waals surface area contributed by atoms with E-state index in [2.05, 4.69) is 17.3 Å². The number of rotatable bonds is 4. The predicted molar refractivity (Wildman–Crippen MR) is 74.4 cm³/mol. The summed E-state index contributed by atoms with van der Waals surface area (Å²) in [6.45, 7) is 3.65. The number of likely N-dealkylation sites (N-methyl/N-ethyl adjacent to an activating group) is 1. The highest BCUT2D eigenvalue weighted by atomic mass is 16.4. The predicted octanol–water partition coefficient (Wildman–Crippen LogP) is 0.888. The molecule has 1 aliphatic heterocycles. The van der Waals surface area contributed by atoms with Crippen molar-refractivity contribution in [3.05, 3.63) is 34.8 Å². The van der Waals surface area contributed by atoms with Gasteiger partial charge in [0.25, 0.3) is 0 Å². The van der Waals surface area contributed by atoms with Gasteiger partial charge in [-0.25, -0.2) is 4.79 Å². The summed E-state index contributed by atoms with van der Waals surface area (Å²) in [5.41, 5.74) is 1.54. The number of para-hydroxylation sites is 2. The molecule has 1 saturated heterocycles. The fourth-order valence-electron chi connectivity index (χ4n) is 2.68. The Morgan fingerprint density at radius 3 is 3.11 bits per heavy atom. The largest absolute Gasteiger partial charge is 0.419 e. The summed E-state index contributed by atoms with van der Waals surface area (Å²) >= 11 is 0. The van der Waals surface area contributed by atoms with Gasteiger partial charge in [-0.1, -0.05) is 12.1 Å². The minimum Gasteiger partial charge on any atom is -0.408 e. The molecule has 19 heavy (non-hydrogen) atoms. The third kappa shape index (κ3) is 2.43. The number of aromatic nitrogens is 1. The van der Waals surface area contributed by atoms with Gasteiger partial charge in [0.1, 0.15) is 0 Å². The Labute approximate surface area is 111 Å². The van der Waals surface area contributed by atoms with E-state index in [1.165, 1.54) is 6.42 Å². The van der Waals surface area contributed by atoms with Crippen molar-refractivity contribution in [3.8, 4) is 0 Å². The van der Waals surface area contributed by atoms with Gasteiger partial charge in [0, 0.05) is 25.7 Å². The molecule has 1 aliphatic rings. The quantitative estimate of drug-likeness (QED) is 0.888. The highest BCUT2D eigenvalue weighted by Crippen LogP contribution is 2.12. The first kappa shape index (κ1) is 12.4. The van der Waals surface area contributed by atoms with Crippen molar-refractivity contribution < 1.29 is 4.42 Å². The molecule has 5 heteroatoms. The van der Waals surface area contributed by atoms with E-state index in [1.807, 2.05) is 24.3 Å². The molecule has 1 aromatic carbocycles. The molecule has 5 nitrogen and oxygen atoms in total. The number of nitrogens with zero attached hydrogens (tertiary/aromatic N) is 2. The van der Waals surface area contributed by atoms with Gasteiger partial charge in [-0.3, -0.25) is 4.57 Å². The standard InChI is InChI=1S/C14H19N3O2/c1-16(11-6-7-15-10-11)8-9-17-12-4-2-3-5-13(12)19-14(17)18/h2-5,11,15H,6-10H2,1H3. The molecule has 0 aliphatic carbocycles. The van der Waals surface area contributed by atoms with Crippen LogP contribution in [0.5, 0.6) is 0 Å². The fourth-order valence-corrected chi connectivity index (χ4v) is 2.68. The van der Waals surface area contributed by atoms with Crippen LogP contribution in [0.2, 0.25) is 0 Å². The van der Waals surface area contributed by atoms with Gasteiger partial charge in [-0.05, 0) is 32.1 Å². The van der Waals surface area contributed by atoms with Crippen LogP contribution in [0.15, 0.2) is 33.5 Å². The van der Waals surface area contributed by atoms with Gasteiger partial charge in [0.05, 0.1) is 5.52 Å². The van der Waals surface area contributed by atoms with Gasteiger partial charge in [0.15, 0.2) is 5.58 Å². The molecule has 2 heterocycles. The third-order valence-electron chi connectivity index (χ3n) is 3.91. The highest BCUT2D eigenvalue weighted by Gasteiger charge is 2.19. The van der Waals surface area contributed by atoms with Crippen molar-refractivity contribution in [1.29, 1.82) is 0 Å². The molecule has 0 amide bonds. The first-order valence-electron chi connectivity index (χ1n) is 6.75. The zero-order chi connectivity index (χ0) is 13.2. The van der Waals surface area contributed by atoms with Crippen LogP contribution in [0.3, 0.4) is 0 Å². The SMILES string of the molecule is CN(CCn1c(=O)oc2ccccc21)C1CCNC1. The number of fused-ring (bicyclic) bond motifs is 1. The summed E-state index contributed by atoms with van der Waals surface area (Å²) in [5.74, 6) is -0.265. The lowest BCUT2D eigenvalue weighted by Gasteiger charge is -2.23. The van der Waals surface area contributed by atoms with Gasteiger partial charge in [-0.15, -0.1) is 0 Å². The maximum atomic E-state index is 11.8. The van der Waals surface area contributed by atoms with Crippen LogP contribution in [-0.2, 0) is 6.54 Å². The van der Waals surface area contributed by atoms with Crippen molar-refractivity contribution in [2.45, 2.75) is 19.0 Å². The van der Waals surface area contributed by atoms with E-state index in [0.717, 1.165) is 25.2 Å². The van der Waals surface area contributed by atoms with Gasteiger partial charge in [-0.2, -0.15) is 0 Å². The maximum Gasteiger partial charge on any atom is 0.419 e. The molecule has 1 atom stereocenters. The highest BCUT2D eigenvalue weighted by molar-refractivity contribution is 5.72.